The second kappa shape index (κ2) is 8.79. The lowest BCUT2D eigenvalue weighted by Crippen LogP contribution is -2.31. The molecule has 0 unspecified atom stereocenters. The number of carbonyl (C=O) groups is 1. The van der Waals surface area contributed by atoms with Crippen LogP contribution in [0.5, 0.6) is 0 Å². The third-order valence-corrected chi connectivity index (χ3v) is 5.64. The van der Waals surface area contributed by atoms with Gasteiger partial charge in [-0.2, -0.15) is 0 Å². The molecule has 2 N–H and O–H groups in total. The number of urea groups is 1. The zero-order valence-corrected chi connectivity index (χ0v) is 15.8. The molecular formula is C18H23N3O4S. The molecule has 26 heavy (non-hydrogen) atoms. The highest BCUT2D eigenvalue weighted by atomic mass is 32.2. The van der Waals surface area contributed by atoms with E-state index in [1.165, 1.54) is 38.4 Å². The van der Waals surface area contributed by atoms with Gasteiger partial charge < -0.3 is 10.6 Å². The average molecular weight is 377 g/mol. The van der Waals surface area contributed by atoms with Crippen molar-refractivity contribution in [3.05, 3.63) is 60.2 Å². The molecular weight excluding hydrogens is 354 g/mol. The van der Waals surface area contributed by atoms with Gasteiger partial charge in [0.25, 0.3) is 10.0 Å². The van der Waals surface area contributed by atoms with Gasteiger partial charge in [0, 0.05) is 19.3 Å². The van der Waals surface area contributed by atoms with Crippen LogP contribution in [0.2, 0.25) is 0 Å². The van der Waals surface area contributed by atoms with Crippen LogP contribution in [-0.4, -0.2) is 39.6 Å². The average Bonchev–Trinajstić information content (AvgIpc) is 2.66. The molecule has 0 heterocycles. The van der Waals surface area contributed by atoms with Gasteiger partial charge in [-0.05, 0) is 35.7 Å². The Bertz CT molecular complexity index is 823. The van der Waals surface area contributed by atoms with Crippen LogP contribution in [-0.2, 0) is 14.9 Å². The molecule has 0 bridgehead atoms. The van der Waals surface area contributed by atoms with Crippen molar-refractivity contribution in [2.24, 2.45) is 0 Å². The van der Waals surface area contributed by atoms with E-state index >= 15 is 0 Å². The maximum atomic E-state index is 12.1. The fourth-order valence-corrected chi connectivity index (χ4v) is 3.25. The summed E-state index contributed by atoms with van der Waals surface area (Å²) >= 11 is 0. The Morgan fingerprint density at radius 2 is 1.73 bits per heavy atom. The van der Waals surface area contributed by atoms with E-state index in [9.17, 15) is 13.2 Å². The topological polar surface area (TPSA) is 87.7 Å². The molecule has 2 rings (SSSR count). The van der Waals surface area contributed by atoms with Crippen molar-refractivity contribution in [2.75, 3.05) is 26.0 Å². The smallest absolute Gasteiger partial charge is 0.319 e. The highest BCUT2D eigenvalue weighted by Gasteiger charge is 2.20. The number of benzene rings is 2. The molecule has 0 aromatic heterocycles. The molecule has 0 aliphatic rings. The minimum absolute atomic E-state index is 0.0745. The number of carbonyl (C=O) groups excluding carboxylic acids is 1. The Balaban J connectivity index is 1.91. The Labute approximate surface area is 154 Å². The molecule has 7 nitrogen and oxygen atoms in total. The number of anilines is 1. The molecule has 0 fully saturated rings. The van der Waals surface area contributed by atoms with Gasteiger partial charge in [-0.1, -0.05) is 41.7 Å². The molecule has 0 radical (unpaired) electrons. The number of amides is 2. The van der Waals surface area contributed by atoms with Gasteiger partial charge in [-0.25, -0.2) is 13.2 Å². The van der Waals surface area contributed by atoms with Crippen molar-refractivity contribution in [3.63, 3.8) is 0 Å². The fourth-order valence-electron chi connectivity index (χ4n) is 2.28. The molecule has 0 aliphatic carbocycles. The lowest BCUT2D eigenvalue weighted by atomic mass is 10.0. The van der Waals surface area contributed by atoms with Gasteiger partial charge in [0.15, 0.2) is 0 Å². The molecule has 0 saturated carbocycles. The first-order valence-corrected chi connectivity index (χ1v) is 9.51. The summed E-state index contributed by atoms with van der Waals surface area (Å²) in [6.07, 6.45) is 0. The molecule has 2 aromatic carbocycles. The quantitative estimate of drug-likeness (QED) is 0.727. The van der Waals surface area contributed by atoms with Crippen molar-refractivity contribution in [1.82, 2.24) is 9.79 Å². The van der Waals surface area contributed by atoms with Crippen LogP contribution in [0, 0.1) is 0 Å². The van der Waals surface area contributed by atoms with Gasteiger partial charge >= 0.3 is 6.03 Å². The zero-order chi connectivity index (χ0) is 19.2. The van der Waals surface area contributed by atoms with Crippen molar-refractivity contribution < 1.29 is 18.0 Å². The third-order valence-electron chi connectivity index (χ3n) is 3.94. The van der Waals surface area contributed by atoms with E-state index in [4.69, 9.17) is 4.84 Å². The predicted octanol–water partition coefficient (Wildman–Crippen LogP) is 2.79. The molecule has 0 spiro atoms. The Morgan fingerprint density at radius 3 is 2.31 bits per heavy atom. The second-order valence-corrected chi connectivity index (χ2v) is 7.70. The summed E-state index contributed by atoms with van der Waals surface area (Å²) in [6, 6.07) is 15.4. The van der Waals surface area contributed by atoms with E-state index in [0.717, 1.165) is 10.0 Å². The minimum atomic E-state index is -3.70. The highest BCUT2D eigenvalue weighted by Crippen LogP contribution is 2.17. The Hall–Kier alpha value is -2.42. The predicted molar refractivity (Wildman–Crippen MR) is 100 cm³/mol. The van der Waals surface area contributed by atoms with Gasteiger partial charge in [-0.3, -0.25) is 4.84 Å². The number of nitrogens with one attached hydrogen (secondary N) is 2. The number of hydroxylamine groups is 1. The van der Waals surface area contributed by atoms with Crippen molar-refractivity contribution in [3.8, 4) is 0 Å². The number of hydrogen-bond acceptors (Lipinski definition) is 4. The third kappa shape index (κ3) is 5.04. The largest absolute Gasteiger partial charge is 0.337 e. The first-order chi connectivity index (χ1) is 12.3. The second-order valence-electron chi connectivity index (χ2n) is 5.77. The zero-order valence-electron chi connectivity index (χ0n) is 15.0. The molecule has 140 valence electrons. The summed E-state index contributed by atoms with van der Waals surface area (Å²) in [7, 11) is -1.12. The molecule has 2 aromatic rings. The monoisotopic (exact) mass is 377 g/mol. The van der Waals surface area contributed by atoms with Crippen LogP contribution in [0.15, 0.2) is 59.5 Å². The SMILES string of the molecule is CON(C)S(=O)(=O)c1ccc(NC(=O)NC[C@@H](C)c2ccccc2)cc1. The van der Waals surface area contributed by atoms with E-state index in [2.05, 4.69) is 10.6 Å². The fraction of sp³-hybridized carbons (Fsp3) is 0.278. The van der Waals surface area contributed by atoms with Crippen LogP contribution in [0.4, 0.5) is 10.5 Å². The lowest BCUT2D eigenvalue weighted by Gasteiger charge is -2.15. The Kier molecular flexibility index (Phi) is 6.73. The molecule has 1 atom stereocenters. The van der Waals surface area contributed by atoms with Gasteiger partial charge in [0.2, 0.25) is 0 Å². The van der Waals surface area contributed by atoms with E-state index < -0.39 is 10.0 Å². The number of hydrogen-bond donors (Lipinski definition) is 2. The lowest BCUT2D eigenvalue weighted by molar-refractivity contribution is -0.0258. The van der Waals surface area contributed by atoms with Crippen molar-refractivity contribution >= 4 is 21.7 Å². The van der Waals surface area contributed by atoms with Gasteiger partial charge in [0.05, 0.1) is 12.0 Å². The maximum Gasteiger partial charge on any atom is 0.319 e. The summed E-state index contributed by atoms with van der Waals surface area (Å²) in [4.78, 5) is 16.8. The Morgan fingerprint density at radius 1 is 1.12 bits per heavy atom. The summed E-state index contributed by atoms with van der Waals surface area (Å²) < 4.78 is 25.0. The van der Waals surface area contributed by atoms with E-state index in [0.29, 0.717) is 12.2 Å². The van der Waals surface area contributed by atoms with Crippen LogP contribution >= 0.6 is 0 Å². The summed E-state index contributed by atoms with van der Waals surface area (Å²) in [6.45, 7) is 2.52. The van der Waals surface area contributed by atoms with Crippen LogP contribution < -0.4 is 10.6 Å². The summed E-state index contributed by atoms with van der Waals surface area (Å²) in [5.74, 6) is 0.180. The summed E-state index contributed by atoms with van der Waals surface area (Å²) in [5, 5.41) is 5.49. The standard InChI is InChI=1S/C18H23N3O4S/c1-14(15-7-5-4-6-8-15)13-19-18(22)20-16-9-11-17(12-10-16)26(23,24)21(2)25-3/h4-12,14H,13H2,1-3H3,(H2,19,20,22)/t14-/m1/s1. The maximum absolute atomic E-state index is 12.1. The molecule has 0 saturated heterocycles. The molecule has 8 heteroatoms. The normalized spacial score (nSPS) is 12.6. The van der Waals surface area contributed by atoms with Crippen LogP contribution in [0.1, 0.15) is 18.4 Å². The van der Waals surface area contributed by atoms with Crippen LogP contribution in [0.3, 0.4) is 0 Å². The number of nitrogens with zero attached hydrogens (tertiary/aromatic N) is 1. The first-order valence-electron chi connectivity index (χ1n) is 8.07. The van der Waals surface area contributed by atoms with Crippen LogP contribution in [0.25, 0.3) is 0 Å². The minimum Gasteiger partial charge on any atom is -0.337 e. The highest BCUT2D eigenvalue weighted by molar-refractivity contribution is 7.89. The number of sulfonamides is 1. The van der Waals surface area contributed by atoms with Gasteiger partial charge in [0.1, 0.15) is 0 Å². The van der Waals surface area contributed by atoms with Gasteiger partial charge in [-0.15, -0.1) is 0 Å². The number of rotatable bonds is 7. The van der Waals surface area contributed by atoms with Crippen molar-refractivity contribution in [1.29, 1.82) is 0 Å². The molecule has 2 amide bonds. The summed E-state index contributed by atoms with van der Waals surface area (Å²) in [5.41, 5.74) is 1.64. The van der Waals surface area contributed by atoms with E-state index in [1.807, 2.05) is 37.3 Å². The van der Waals surface area contributed by atoms with E-state index in [1.54, 1.807) is 0 Å². The van der Waals surface area contributed by atoms with E-state index in [-0.39, 0.29) is 16.8 Å². The first kappa shape index (κ1) is 19.9. The van der Waals surface area contributed by atoms with Crippen molar-refractivity contribution in [2.45, 2.75) is 17.7 Å². The molecule has 0 aliphatic heterocycles.